The molecule has 2 N–H and O–H groups in total. The van der Waals surface area contributed by atoms with Crippen molar-refractivity contribution in [3.63, 3.8) is 0 Å². The molecule has 0 aliphatic carbocycles. The fourth-order valence-corrected chi connectivity index (χ4v) is 1.40. The second-order valence-electron chi connectivity index (χ2n) is 3.32. The largest absolute Gasteiger partial charge is 0.381 e. The summed E-state index contributed by atoms with van der Waals surface area (Å²) in [5, 5.41) is 3.58. The van der Waals surface area contributed by atoms with E-state index in [1.54, 1.807) is 12.1 Å². The van der Waals surface area contributed by atoms with Crippen LogP contribution in [0.4, 0.5) is 5.82 Å². The Bertz CT molecular complexity index is 503. The summed E-state index contributed by atoms with van der Waals surface area (Å²) in [6.07, 6.45) is 0.785. The molecule has 0 saturated heterocycles. The van der Waals surface area contributed by atoms with Gasteiger partial charge in [0.25, 0.3) is 0 Å². The molecule has 0 bridgehead atoms. The van der Waals surface area contributed by atoms with Gasteiger partial charge in [-0.3, -0.25) is 4.79 Å². The maximum Gasteiger partial charge on any atom is 0.169 e. The van der Waals surface area contributed by atoms with Crippen LogP contribution in [0.25, 0.3) is 11.3 Å². The van der Waals surface area contributed by atoms with Crippen LogP contribution in [-0.4, -0.2) is 11.4 Å². The fourth-order valence-electron chi connectivity index (χ4n) is 1.40. The summed E-state index contributed by atoms with van der Waals surface area (Å²) in [4.78, 5) is 10.8. The number of carbonyl (C=O) groups excluding carboxylic acids is 1. The molecule has 0 spiro atoms. The zero-order valence-corrected chi connectivity index (χ0v) is 8.23. The lowest BCUT2D eigenvalue weighted by Gasteiger charge is -2.01. The fraction of sp³-hybridized carbons (Fsp3) is 0.0909. The van der Waals surface area contributed by atoms with Gasteiger partial charge in [-0.25, -0.2) is 0 Å². The molecule has 1 heterocycles. The van der Waals surface area contributed by atoms with E-state index in [9.17, 15) is 4.79 Å². The second kappa shape index (κ2) is 3.57. The van der Waals surface area contributed by atoms with E-state index in [0.29, 0.717) is 22.7 Å². The third-order valence-corrected chi connectivity index (χ3v) is 2.13. The average Bonchev–Trinajstić information content (AvgIpc) is 2.65. The van der Waals surface area contributed by atoms with Crippen molar-refractivity contribution in [2.24, 2.45) is 0 Å². The molecule has 0 aliphatic heterocycles. The number of nitrogen functional groups attached to an aromatic ring is 1. The Kier molecular flexibility index (Phi) is 2.25. The van der Waals surface area contributed by atoms with Crippen molar-refractivity contribution in [2.75, 3.05) is 5.73 Å². The van der Waals surface area contributed by atoms with E-state index in [2.05, 4.69) is 5.16 Å². The SMILES string of the molecule is Cc1ccc(C=O)c(-c2cc(N)no2)c1. The summed E-state index contributed by atoms with van der Waals surface area (Å²) in [5.41, 5.74) is 7.78. The third kappa shape index (κ3) is 1.74. The number of anilines is 1. The van der Waals surface area contributed by atoms with Gasteiger partial charge in [-0.2, -0.15) is 0 Å². The Morgan fingerprint density at radius 2 is 2.20 bits per heavy atom. The molecule has 0 radical (unpaired) electrons. The monoisotopic (exact) mass is 202 g/mol. The quantitative estimate of drug-likeness (QED) is 0.756. The summed E-state index contributed by atoms with van der Waals surface area (Å²) in [5.74, 6) is 0.821. The van der Waals surface area contributed by atoms with Crippen molar-refractivity contribution >= 4 is 12.1 Å². The van der Waals surface area contributed by atoms with Gasteiger partial charge in [0.2, 0.25) is 0 Å². The predicted octanol–water partition coefficient (Wildman–Crippen LogP) is 2.04. The van der Waals surface area contributed by atoms with Gasteiger partial charge in [-0.15, -0.1) is 0 Å². The number of aromatic nitrogens is 1. The summed E-state index contributed by atoms with van der Waals surface area (Å²) in [6, 6.07) is 7.08. The molecule has 0 fully saturated rings. The highest BCUT2D eigenvalue weighted by molar-refractivity contribution is 5.86. The van der Waals surface area contributed by atoms with Crippen LogP contribution >= 0.6 is 0 Å². The number of rotatable bonds is 2. The van der Waals surface area contributed by atoms with Crippen LogP contribution in [0.3, 0.4) is 0 Å². The lowest BCUT2D eigenvalue weighted by molar-refractivity contribution is 0.112. The highest BCUT2D eigenvalue weighted by Crippen LogP contribution is 2.25. The van der Waals surface area contributed by atoms with Crippen LogP contribution in [-0.2, 0) is 0 Å². The lowest BCUT2D eigenvalue weighted by Crippen LogP contribution is -1.87. The van der Waals surface area contributed by atoms with E-state index in [0.717, 1.165) is 11.8 Å². The van der Waals surface area contributed by atoms with Crippen LogP contribution in [0.15, 0.2) is 28.8 Å². The maximum absolute atomic E-state index is 10.8. The molecule has 15 heavy (non-hydrogen) atoms. The molecular weight excluding hydrogens is 192 g/mol. The van der Waals surface area contributed by atoms with Gasteiger partial charge in [0.1, 0.15) is 0 Å². The molecule has 76 valence electrons. The van der Waals surface area contributed by atoms with Crippen LogP contribution in [0.5, 0.6) is 0 Å². The Hall–Kier alpha value is -2.10. The smallest absolute Gasteiger partial charge is 0.169 e. The van der Waals surface area contributed by atoms with Gasteiger partial charge in [-0.05, 0) is 13.0 Å². The minimum atomic E-state index is 0.309. The van der Waals surface area contributed by atoms with E-state index in [1.165, 1.54) is 0 Å². The normalized spacial score (nSPS) is 10.2. The topological polar surface area (TPSA) is 69.1 Å². The summed E-state index contributed by atoms with van der Waals surface area (Å²) in [7, 11) is 0. The molecule has 1 aromatic carbocycles. The van der Waals surface area contributed by atoms with Crippen molar-refractivity contribution in [1.29, 1.82) is 0 Å². The highest BCUT2D eigenvalue weighted by atomic mass is 16.5. The van der Waals surface area contributed by atoms with Crippen LogP contribution < -0.4 is 5.73 Å². The van der Waals surface area contributed by atoms with Crippen LogP contribution in [0.2, 0.25) is 0 Å². The molecule has 4 heteroatoms. The minimum absolute atomic E-state index is 0.309. The highest BCUT2D eigenvalue weighted by Gasteiger charge is 2.09. The first-order valence-electron chi connectivity index (χ1n) is 4.49. The first-order valence-corrected chi connectivity index (χ1v) is 4.49. The van der Waals surface area contributed by atoms with Crippen molar-refractivity contribution in [3.8, 4) is 11.3 Å². The zero-order chi connectivity index (χ0) is 10.8. The molecule has 4 nitrogen and oxygen atoms in total. The summed E-state index contributed by atoms with van der Waals surface area (Å²) >= 11 is 0. The number of nitrogens with two attached hydrogens (primary N) is 1. The Morgan fingerprint density at radius 1 is 1.40 bits per heavy atom. The Balaban J connectivity index is 2.59. The molecule has 2 aromatic rings. The van der Waals surface area contributed by atoms with Crippen molar-refractivity contribution < 1.29 is 9.32 Å². The van der Waals surface area contributed by atoms with Crippen molar-refractivity contribution in [3.05, 3.63) is 35.4 Å². The van der Waals surface area contributed by atoms with Gasteiger partial charge >= 0.3 is 0 Å². The van der Waals surface area contributed by atoms with E-state index in [4.69, 9.17) is 10.3 Å². The van der Waals surface area contributed by atoms with Crippen molar-refractivity contribution in [2.45, 2.75) is 6.92 Å². The predicted molar refractivity (Wildman–Crippen MR) is 56.5 cm³/mol. The standard InChI is InChI=1S/C11H10N2O2/c1-7-2-3-8(6-14)9(4-7)10-5-11(12)13-15-10/h2-6H,1H3,(H2,12,13). The third-order valence-electron chi connectivity index (χ3n) is 2.13. The average molecular weight is 202 g/mol. The first-order chi connectivity index (χ1) is 7.20. The molecule has 1 aromatic heterocycles. The number of aldehydes is 1. The molecule has 0 saturated carbocycles. The number of hydrogen-bond donors (Lipinski definition) is 1. The summed E-state index contributed by atoms with van der Waals surface area (Å²) < 4.78 is 5.01. The van der Waals surface area contributed by atoms with E-state index >= 15 is 0 Å². The van der Waals surface area contributed by atoms with Gasteiger partial charge in [0, 0.05) is 17.2 Å². The Labute approximate surface area is 86.7 Å². The number of carbonyl (C=O) groups is 1. The van der Waals surface area contributed by atoms with Crippen molar-refractivity contribution in [1.82, 2.24) is 5.16 Å². The number of benzene rings is 1. The van der Waals surface area contributed by atoms with Gasteiger partial charge in [-0.1, -0.05) is 22.9 Å². The van der Waals surface area contributed by atoms with Crippen LogP contribution in [0.1, 0.15) is 15.9 Å². The lowest BCUT2D eigenvalue weighted by atomic mass is 10.0. The molecule has 0 aliphatic rings. The number of hydrogen-bond acceptors (Lipinski definition) is 4. The number of aryl methyl sites for hydroxylation is 1. The number of nitrogens with zero attached hydrogens (tertiary/aromatic N) is 1. The van der Waals surface area contributed by atoms with Gasteiger partial charge in [0.05, 0.1) is 0 Å². The van der Waals surface area contributed by atoms with E-state index in [1.807, 2.05) is 19.1 Å². The second-order valence-corrected chi connectivity index (χ2v) is 3.32. The molecule has 2 rings (SSSR count). The Morgan fingerprint density at radius 3 is 2.80 bits per heavy atom. The molecule has 0 atom stereocenters. The first kappa shape index (κ1) is 9.45. The van der Waals surface area contributed by atoms with Gasteiger partial charge in [0.15, 0.2) is 17.9 Å². The molecular formula is C11H10N2O2. The van der Waals surface area contributed by atoms with E-state index in [-0.39, 0.29) is 0 Å². The van der Waals surface area contributed by atoms with Gasteiger partial charge < -0.3 is 10.3 Å². The molecule has 0 unspecified atom stereocenters. The van der Waals surface area contributed by atoms with Crippen LogP contribution in [0, 0.1) is 6.92 Å². The molecule has 0 amide bonds. The zero-order valence-electron chi connectivity index (χ0n) is 8.23. The van der Waals surface area contributed by atoms with E-state index < -0.39 is 0 Å². The summed E-state index contributed by atoms with van der Waals surface area (Å²) in [6.45, 7) is 1.94. The maximum atomic E-state index is 10.8. The minimum Gasteiger partial charge on any atom is -0.381 e.